The molecule has 3 nitrogen and oxygen atoms in total. The molecule has 0 heterocycles. The highest BCUT2D eigenvalue weighted by molar-refractivity contribution is 5.85. The fourth-order valence-electron chi connectivity index (χ4n) is 3.32. The number of nitrogens with two attached hydrogens (primary N) is 1. The molecule has 2 N–H and O–H groups in total. The number of carbonyl (C=O) groups excluding carboxylic acids is 1. The highest BCUT2D eigenvalue weighted by Crippen LogP contribution is 2.38. The highest BCUT2D eigenvalue weighted by Gasteiger charge is 2.41. The molecule has 0 unspecified atom stereocenters. The minimum atomic E-state index is -0.299. The largest absolute Gasteiger partial charge is 0.341 e. The third kappa shape index (κ3) is 4.02. The van der Waals surface area contributed by atoms with Gasteiger partial charge in [0.05, 0.1) is 5.41 Å². The molecule has 124 valence electrons. The first kappa shape index (κ1) is 19.0. The van der Waals surface area contributed by atoms with Gasteiger partial charge in [-0.1, -0.05) is 51.0 Å². The molecule has 0 spiro atoms. The first-order valence-corrected chi connectivity index (χ1v) is 8.03. The molecule has 1 aliphatic carbocycles. The van der Waals surface area contributed by atoms with Crippen molar-refractivity contribution in [1.29, 1.82) is 0 Å². The first-order chi connectivity index (χ1) is 9.98. The van der Waals surface area contributed by atoms with Crippen LogP contribution in [-0.4, -0.2) is 24.4 Å². The average Bonchev–Trinajstić information content (AvgIpc) is 2.97. The zero-order chi connectivity index (χ0) is 15.5. The number of halogens is 1. The second-order valence-corrected chi connectivity index (χ2v) is 6.75. The van der Waals surface area contributed by atoms with Crippen LogP contribution in [0.5, 0.6) is 0 Å². The highest BCUT2D eigenvalue weighted by atomic mass is 35.5. The van der Waals surface area contributed by atoms with E-state index in [2.05, 4.69) is 38.1 Å². The van der Waals surface area contributed by atoms with Crippen molar-refractivity contribution in [2.24, 2.45) is 11.1 Å². The molecular formula is C18H29ClN2O. The van der Waals surface area contributed by atoms with Gasteiger partial charge in [0, 0.05) is 20.1 Å². The SMILES string of the molecule is CC(C)c1ccc(CN(C)C(=O)C2(CN)CCCC2)cc1.Cl. The molecule has 1 aliphatic rings. The molecule has 1 fully saturated rings. The zero-order valence-corrected chi connectivity index (χ0v) is 14.8. The van der Waals surface area contributed by atoms with Gasteiger partial charge in [0.15, 0.2) is 0 Å². The zero-order valence-electron chi connectivity index (χ0n) is 14.0. The lowest BCUT2D eigenvalue weighted by molar-refractivity contribution is -0.140. The third-order valence-corrected chi connectivity index (χ3v) is 4.82. The van der Waals surface area contributed by atoms with Crippen LogP contribution >= 0.6 is 12.4 Å². The molecule has 0 bridgehead atoms. The number of rotatable bonds is 5. The van der Waals surface area contributed by atoms with Gasteiger partial charge < -0.3 is 10.6 Å². The van der Waals surface area contributed by atoms with Gasteiger partial charge in [0.2, 0.25) is 5.91 Å². The maximum atomic E-state index is 12.7. The minimum absolute atomic E-state index is 0. The van der Waals surface area contributed by atoms with E-state index in [-0.39, 0.29) is 23.7 Å². The van der Waals surface area contributed by atoms with E-state index >= 15 is 0 Å². The van der Waals surface area contributed by atoms with Crippen molar-refractivity contribution in [1.82, 2.24) is 4.90 Å². The molecule has 0 atom stereocenters. The number of carbonyl (C=O) groups is 1. The van der Waals surface area contributed by atoms with E-state index in [9.17, 15) is 4.79 Å². The smallest absolute Gasteiger partial charge is 0.230 e. The Bertz CT molecular complexity index is 478. The summed E-state index contributed by atoms with van der Waals surface area (Å²) < 4.78 is 0. The van der Waals surface area contributed by atoms with Gasteiger partial charge in [-0.15, -0.1) is 12.4 Å². The van der Waals surface area contributed by atoms with Gasteiger partial charge in [0.25, 0.3) is 0 Å². The number of nitrogens with zero attached hydrogens (tertiary/aromatic N) is 1. The fraction of sp³-hybridized carbons (Fsp3) is 0.611. The number of amides is 1. The van der Waals surface area contributed by atoms with Crippen molar-refractivity contribution >= 4 is 18.3 Å². The lowest BCUT2D eigenvalue weighted by Gasteiger charge is -2.31. The van der Waals surface area contributed by atoms with Crippen molar-refractivity contribution in [3.63, 3.8) is 0 Å². The first-order valence-electron chi connectivity index (χ1n) is 8.03. The predicted octanol–water partition coefficient (Wildman–Crippen LogP) is 3.71. The average molecular weight is 325 g/mol. The second-order valence-electron chi connectivity index (χ2n) is 6.75. The van der Waals surface area contributed by atoms with Gasteiger partial charge in [-0.3, -0.25) is 4.79 Å². The summed E-state index contributed by atoms with van der Waals surface area (Å²) in [4.78, 5) is 14.6. The van der Waals surface area contributed by atoms with E-state index in [1.54, 1.807) is 0 Å². The van der Waals surface area contributed by atoms with Gasteiger partial charge in [0.1, 0.15) is 0 Å². The summed E-state index contributed by atoms with van der Waals surface area (Å²) >= 11 is 0. The van der Waals surface area contributed by atoms with Crippen molar-refractivity contribution in [3.8, 4) is 0 Å². The van der Waals surface area contributed by atoms with Crippen LogP contribution in [0.4, 0.5) is 0 Å². The lowest BCUT2D eigenvalue weighted by Crippen LogP contribution is -2.44. The van der Waals surface area contributed by atoms with Crippen molar-refractivity contribution in [2.75, 3.05) is 13.6 Å². The van der Waals surface area contributed by atoms with E-state index in [0.717, 1.165) is 25.7 Å². The Morgan fingerprint density at radius 2 is 1.77 bits per heavy atom. The molecule has 0 saturated heterocycles. The second kappa shape index (κ2) is 7.98. The summed E-state index contributed by atoms with van der Waals surface area (Å²) in [5.41, 5.74) is 8.12. The summed E-state index contributed by atoms with van der Waals surface area (Å²) in [6, 6.07) is 8.57. The molecule has 0 aliphatic heterocycles. The fourth-order valence-corrected chi connectivity index (χ4v) is 3.32. The Balaban J connectivity index is 0.00000242. The quantitative estimate of drug-likeness (QED) is 0.897. The maximum absolute atomic E-state index is 12.7. The summed E-state index contributed by atoms with van der Waals surface area (Å²) in [6.45, 7) is 5.52. The number of hydrogen-bond donors (Lipinski definition) is 1. The molecular weight excluding hydrogens is 296 g/mol. The van der Waals surface area contributed by atoms with Crippen LogP contribution < -0.4 is 5.73 Å². The van der Waals surface area contributed by atoms with Crippen LogP contribution in [0.2, 0.25) is 0 Å². The Morgan fingerprint density at radius 1 is 1.23 bits per heavy atom. The number of hydrogen-bond acceptors (Lipinski definition) is 2. The lowest BCUT2D eigenvalue weighted by atomic mass is 9.84. The molecule has 1 saturated carbocycles. The standard InChI is InChI=1S/C18H28N2O.ClH/c1-14(2)16-8-6-15(7-9-16)12-20(3)17(21)18(13-19)10-4-5-11-18;/h6-9,14H,4-5,10-13,19H2,1-3H3;1H. The van der Waals surface area contributed by atoms with E-state index in [0.29, 0.717) is 19.0 Å². The van der Waals surface area contributed by atoms with Crippen LogP contribution in [0, 0.1) is 5.41 Å². The van der Waals surface area contributed by atoms with Crippen molar-refractivity contribution < 1.29 is 4.79 Å². The maximum Gasteiger partial charge on any atom is 0.230 e. The third-order valence-electron chi connectivity index (χ3n) is 4.82. The predicted molar refractivity (Wildman–Crippen MR) is 94.2 cm³/mol. The van der Waals surface area contributed by atoms with Crippen molar-refractivity contribution in [2.45, 2.75) is 52.0 Å². The Hall–Kier alpha value is -1.06. The summed E-state index contributed by atoms with van der Waals surface area (Å²) in [6.07, 6.45) is 4.14. The molecule has 22 heavy (non-hydrogen) atoms. The molecule has 1 amide bonds. The molecule has 0 radical (unpaired) electrons. The molecule has 0 aromatic heterocycles. The van der Waals surface area contributed by atoms with Gasteiger partial charge >= 0.3 is 0 Å². The Labute approximate surface area is 140 Å². The molecule has 4 heteroatoms. The van der Waals surface area contributed by atoms with Crippen LogP contribution in [0.1, 0.15) is 56.6 Å². The van der Waals surface area contributed by atoms with E-state index < -0.39 is 0 Å². The van der Waals surface area contributed by atoms with Gasteiger partial charge in [-0.05, 0) is 29.9 Å². The summed E-state index contributed by atoms with van der Waals surface area (Å²) in [5, 5.41) is 0. The van der Waals surface area contributed by atoms with Crippen LogP contribution in [0.25, 0.3) is 0 Å². The van der Waals surface area contributed by atoms with E-state index in [1.807, 2.05) is 11.9 Å². The Kier molecular flexibility index (Phi) is 6.89. The van der Waals surface area contributed by atoms with Crippen LogP contribution in [-0.2, 0) is 11.3 Å². The summed E-state index contributed by atoms with van der Waals surface area (Å²) in [5.74, 6) is 0.757. The summed E-state index contributed by atoms with van der Waals surface area (Å²) in [7, 11) is 1.90. The molecule has 1 aromatic carbocycles. The van der Waals surface area contributed by atoms with E-state index in [1.165, 1.54) is 11.1 Å². The van der Waals surface area contributed by atoms with Gasteiger partial charge in [-0.25, -0.2) is 0 Å². The van der Waals surface area contributed by atoms with E-state index in [4.69, 9.17) is 5.73 Å². The molecule has 1 aromatic rings. The molecule has 2 rings (SSSR count). The number of benzene rings is 1. The van der Waals surface area contributed by atoms with Crippen LogP contribution in [0.3, 0.4) is 0 Å². The topological polar surface area (TPSA) is 46.3 Å². The van der Waals surface area contributed by atoms with Gasteiger partial charge in [-0.2, -0.15) is 0 Å². The Morgan fingerprint density at radius 3 is 2.23 bits per heavy atom. The van der Waals surface area contributed by atoms with Crippen LogP contribution in [0.15, 0.2) is 24.3 Å². The monoisotopic (exact) mass is 324 g/mol. The normalized spacial score (nSPS) is 16.4. The minimum Gasteiger partial charge on any atom is -0.341 e. The van der Waals surface area contributed by atoms with Crippen molar-refractivity contribution in [3.05, 3.63) is 35.4 Å².